The predicted molar refractivity (Wildman–Crippen MR) is 151 cm³/mol. The van der Waals surface area contributed by atoms with Crippen molar-refractivity contribution in [3.8, 4) is 0 Å². The molecule has 0 amide bonds. The molecule has 0 fully saturated rings. The second-order valence-electron chi connectivity index (χ2n) is 9.54. The van der Waals surface area contributed by atoms with Crippen LogP contribution in [0.15, 0.2) is 40.8 Å². The number of nitrogens with one attached hydrogen (secondary N) is 2. The van der Waals surface area contributed by atoms with Crippen LogP contribution in [0.5, 0.6) is 0 Å². The highest BCUT2D eigenvalue weighted by atomic mass is 19.1. The number of pyridine rings is 1. The Morgan fingerprint density at radius 3 is 2.39 bits per heavy atom. The van der Waals surface area contributed by atoms with Gasteiger partial charge in [0.2, 0.25) is 0 Å². The van der Waals surface area contributed by atoms with E-state index >= 15 is 0 Å². The third-order valence-corrected chi connectivity index (χ3v) is 6.67. The fraction of sp³-hybridized carbons (Fsp3) is 0.483. The molecule has 0 unspecified atom stereocenters. The number of halogens is 1. The summed E-state index contributed by atoms with van der Waals surface area (Å²) in [4.78, 5) is 7.45. The molecule has 0 bridgehead atoms. The number of benzene rings is 2. The fourth-order valence-electron chi connectivity index (χ4n) is 4.65. The number of aromatic nitrogens is 1. The van der Waals surface area contributed by atoms with Gasteiger partial charge in [-0.1, -0.05) is 26.7 Å². The normalized spacial score (nSPS) is 11.8. The van der Waals surface area contributed by atoms with E-state index < -0.39 is 0 Å². The summed E-state index contributed by atoms with van der Waals surface area (Å²) in [6.07, 6.45) is 6.93. The summed E-state index contributed by atoms with van der Waals surface area (Å²) in [5, 5.41) is 8.78. The van der Waals surface area contributed by atoms with Crippen molar-refractivity contribution in [2.45, 2.75) is 52.4 Å². The van der Waals surface area contributed by atoms with E-state index in [-0.39, 0.29) is 5.82 Å². The first-order chi connectivity index (χ1) is 17.6. The number of nitrogens with zero attached hydrogens (tertiary/aromatic N) is 2. The molecule has 194 valence electrons. The van der Waals surface area contributed by atoms with E-state index in [1.54, 1.807) is 6.07 Å². The van der Waals surface area contributed by atoms with Gasteiger partial charge in [0.1, 0.15) is 16.9 Å². The van der Waals surface area contributed by atoms with Gasteiger partial charge in [-0.05, 0) is 88.3 Å². The first-order valence-electron chi connectivity index (χ1n) is 13.5. The van der Waals surface area contributed by atoms with E-state index in [1.807, 2.05) is 6.07 Å². The van der Waals surface area contributed by atoms with Crippen molar-refractivity contribution < 1.29 is 8.81 Å². The summed E-state index contributed by atoms with van der Waals surface area (Å²) >= 11 is 0. The summed E-state index contributed by atoms with van der Waals surface area (Å²) in [5.41, 5.74) is 10.5. The molecule has 4 N–H and O–H groups in total. The minimum absolute atomic E-state index is 0.299. The molecule has 0 aliphatic rings. The summed E-state index contributed by atoms with van der Waals surface area (Å²) < 4.78 is 20.1. The Labute approximate surface area is 213 Å². The number of nitrogens with two attached hydrogens (primary N) is 1. The van der Waals surface area contributed by atoms with E-state index in [9.17, 15) is 4.39 Å². The second kappa shape index (κ2) is 12.9. The van der Waals surface area contributed by atoms with Gasteiger partial charge < -0.3 is 25.7 Å². The molecule has 7 heteroatoms. The van der Waals surface area contributed by atoms with Crippen LogP contribution in [0, 0.1) is 5.82 Å². The zero-order valence-corrected chi connectivity index (χ0v) is 21.7. The van der Waals surface area contributed by atoms with Crippen LogP contribution in [0.3, 0.4) is 0 Å². The molecule has 0 saturated heterocycles. The highest BCUT2D eigenvalue weighted by Gasteiger charge is 2.17. The van der Waals surface area contributed by atoms with E-state index in [1.165, 1.54) is 50.9 Å². The van der Waals surface area contributed by atoms with Crippen LogP contribution in [0.1, 0.15) is 52.4 Å². The van der Waals surface area contributed by atoms with Crippen molar-refractivity contribution in [1.29, 1.82) is 0 Å². The molecule has 6 nitrogen and oxygen atoms in total. The summed E-state index contributed by atoms with van der Waals surface area (Å²) in [6, 6.07) is 10.8. The van der Waals surface area contributed by atoms with Crippen LogP contribution in [0.25, 0.3) is 33.0 Å². The Bertz CT molecular complexity index is 1260. The Kier molecular flexibility index (Phi) is 9.36. The number of hydrogen-bond acceptors (Lipinski definition) is 6. The summed E-state index contributed by atoms with van der Waals surface area (Å²) in [6.45, 7) is 10.2. The third-order valence-electron chi connectivity index (χ3n) is 6.67. The van der Waals surface area contributed by atoms with Crippen LogP contribution in [-0.4, -0.2) is 49.2 Å². The van der Waals surface area contributed by atoms with Crippen LogP contribution in [0.4, 0.5) is 15.8 Å². The topological polar surface area (TPSA) is 79.3 Å². The second-order valence-corrected chi connectivity index (χ2v) is 9.54. The Morgan fingerprint density at radius 1 is 0.889 bits per heavy atom. The van der Waals surface area contributed by atoms with Crippen LogP contribution in [0.2, 0.25) is 0 Å². The van der Waals surface area contributed by atoms with Crippen molar-refractivity contribution in [3.63, 3.8) is 0 Å². The first kappa shape index (κ1) is 26.2. The molecular weight excluding hydrogens is 453 g/mol. The van der Waals surface area contributed by atoms with Crippen molar-refractivity contribution >= 4 is 44.3 Å². The van der Waals surface area contributed by atoms with Crippen LogP contribution >= 0.6 is 0 Å². The molecule has 4 rings (SSSR count). The number of rotatable bonds is 15. The smallest absolute Gasteiger partial charge is 0.177 e. The van der Waals surface area contributed by atoms with Crippen molar-refractivity contribution in [2.75, 3.05) is 49.9 Å². The first-order valence-corrected chi connectivity index (χ1v) is 13.5. The highest BCUT2D eigenvalue weighted by Crippen LogP contribution is 2.38. The van der Waals surface area contributed by atoms with Gasteiger partial charge in [0.15, 0.2) is 5.58 Å². The maximum Gasteiger partial charge on any atom is 0.177 e. The fourth-order valence-corrected chi connectivity index (χ4v) is 4.65. The van der Waals surface area contributed by atoms with E-state index in [4.69, 9.17) is 15.1 Å². The Balaban J connectivity index is 1.55. The van der Waals surface area contributed by atoms with Gasteiger partial charge in [-0.25, -0.2) is 9.37 Å². The largest absolute Gasteiger partial charge is 0.452 e. The SMILES string of the molecule is CCCCN(CCCC)CCCNc1ccc2nc3c(oc4ccc(F)cc43)c(NCCCN)c2c1. The van der Waals surface area contributed by atoms with Crippen molar-refractivity contribution in [1.82, 2.24) is 9.88 Å². The standard InChI is InChI=1S/C29H40FN5O/c1-3-5-16-35(17-6-4-2)18-8-15-32-22-10-11-25-23(20-22)27(33-14-7-13-31)29-28(34-25)24-19-21(30)9-12-26(24)36-29/h9-12,19-20,32H,3-8,13-18,31H2,1-2H3,(H,33,34). The zero-order chi connectivity index (χ0) is 25.3. The number of fused-ring (bicyclic) bond motifs is 4. The molecule has 0 aliphatic heterocycles. The molecule has 36 heavy (non-hydrogen) atoms. The molecule has 0 radical (unpaired) electrons. The van der Waals surface area contributed by atoms with E-state index in [0.29, 0.717) is 28.6 Å². The number of hydrogen-bond donors (Lipinski definition) is 3. The van der Waals surface area contributed by atoms with Gasteiger partial charge in [-0.15, -0.1) is 0 Å². The van der Waals surface area contributed by atoms with Crippen molar-refractivity contribution in [2.24, 2.45) is 5.73 Å². The van der Waals surface area contributed by atoms with Gasteiger partial charge in [-0.3, -0.25) is 0 Å². The maximum atomic E-state index is 14.0. The predicted octanol–water partition coefficient (Wildman–Crippen LogP) is 6.74. The lowest BCUT2D eigenvalue weighted by molar-refractivity contribution is 0.264. The highest BCUT2D eigenvalue weighted by molar-refractivity contribution is 6.14. The van der Waals surface area contributed by atoms with E-state index in [0.717, 1.165) is 54.8 Å². The van der Waals surface area contributed by atoms with Crippen LogP contribution in [-0.2, 0) is 0 Å². The van der Waals surface area contributed by atoms with E-state index in [2.05, 4.69) is 41.5 Å². The minimum Gasteiger partial charge on any atom is -0.452 e. The Hall–Kier alpha value is -2.90. The molecular formula is C29H40FN5O. The average Bonchev–Trinajstić information content (AvgIpc) is 3.24. The lowest BCUT2D eigenvalue weighted by Crippen LogP contribution is -2.28. The minimum atomic E-state index is -0.299. The number of furan rings is 1. The zero-order valence-electron chi connectivity index (χ0n) is 21.7. The van der Waals surface area contributed by atoms with Gasteiger partial charge in [0.05, 0.1) is 11.2 Å². The van der Waals surface area contributed by atoms with Gasteiger partial charge in [0.25, 0.3) is 0 Å². The quantitative estimate of drug-likeness (QED) is 0.159. The maximum absolute atomic E-state index is 14.0. The molecule has 0 atom stereocenters. The third kappa shape index (κ3) is 6.26. The number of unbranched alkanes of at least 4 members (excludes halogenated alkanes) is 2. The molecule has 0 spiro atoms. The average molecular weight is 494 g/mol. The Morgan fingerprint density at radius 2 is 1.64 bits per heavy atom. The van der Waals surface area contributed by atoms with Gasteiger partial charge in [-0.2, -0.15) is 0 Å². The molecule has 2 heterocycles. The lowest BCUT2D eigenvalue weighted by atomic mass is 10.1. The van der Waals surface area contributed by atoms with Gasteiger partial charge >= 0.3 is 0 Å². The summed E-state index contributed by atoms with van der Waals surface area (Å²) in [5.74, 6) is -0.299. The lowest BCUT2D eigenvalue weighted by Gasteiger charge is -2.22. The summed E-state index contributed by atoms with van der Waals surface area (Å²) in [7, 11) is 0. The van der Waals surface area contributed by atoms with Crippen LogP contribution < -0.4 is 16.4 Å². The molecule has 0 aliphatic carbocycles. The van der Waals surface area contributed by atoms with Crippen molar-refractivity contribution in [3.05, 3.63) is 42.2 Å². The number of anilines is 2. The molecule has 0 saturated carbocycles. The molecule has 2 aromatic heterocycles. The van der Waals surface area contributed by atoms with Gasteiger partial charge in [0, 0.05) is 29.5 Å². The molecule has 4 aromatic rings. The molecule has 2 aromatic carbocycles. The monoisotopic (exact) mass is 493 g/mol.